The summed E-state index contributed by atoms with van der Waals surface area (Å²) in [6, 6.07) is 0.392. The molecule has 1 heterocycles. The van der Waals surface area contributed by atoms with Crippen LogP contribution in [0.5, 0.6) is 0 Å². The molecule has 1 aliphatic rings. The average Bonchev–Trinajstić information content (AvgIpc) is 2.65. The molecule has 0 unspecified atom stereocenters. The molecule has 5 nitrogen and oxygen atoms in total. The first-order valence-electron chi connectivity index (χ1n) is 6.46. The first-order valence-corrected chi connectivity index (χ1v) is 6.46. The Balaban J connectivity index is 1.98. The summed E-state index contributed by atoms with van der Waals surface area (Å²) in [6.45, 7) is 2.67. The number of rotatable bonds is 4. The average molecular weight is 238 g/mol. The molecule has 1 aromatic rings. The molecule has 0 amide bonds. The molecule has 0 spiro atoms. The minimum Gasteiger partial charge on any atom is -0.395 e. The summed E-state index contributed by atoms with van der Waals surface area (Å²) in [5, 5.41) is 17.3. The molecule has 1 fully saturated rings. The van der Waals surface area contributed by atoms with Crippen molar-refractivity contribution in [3.05, 3.63) is 11.6 Å². The van der Waals surface area contributed by atoms with Gasteiger partial charge in [0.2, 0.25) is 0 Å². The molecule has 0 saturated heterocycles. The molecule has 1 aromatic heterocycles. The van der Waals surface area contributed by atoms with Gasteiger partial charge < -0.3 is 15.4 Å². The minimum absolute atomic E-state index is 0.140. The van der Waals surface area contributed by atoms with Gasteiger partial charge in [0, 0.05) is 19.0 Å². The van der Waals surface area contributed by atoms with Crippen molar-refractivity contribution in [2.75, 3.05) is 6.61 Å². The fourth-order valence-corrected chi connectivity index (χ4v) is 2.62. The second-order valence-corrected chi connectivity index (χ2v) is 5.02. The van der Waals surface area contributed by atoms with E-state index < -0.39 is 0 Å². The number of aryl methyl sites for hydroxylation is 1. The number of hydrogen-bond acceptors (Lipinski definition) is 4. The van der Waals surface area contributed by atoms with E-state index in [1.807, 2.05) is 11.5 Å². The van der Waals surface area contributed by atoms with Gasteiger partial charge in [-0.2, -0.15) is 0 Å². The summed E-state index contributed by atoms with van der Waals surface area (Å²) in [5.41, 5.74) is 5.91. The fourth-order valence-electron chi connectivity index (χ4n) is 2.62. The van der Waals surface area contributed by atoms with Gasteiger partial charge in [-0.3, -0.25) is 0 Å². The van der Waals surface area contributed by atoms with E-state index in [0.29, 0.717) is 18.5 Å². The van der Waals surface area contributed by atoms with Crippen LogP contribution < -0.4 is 5.73 Å². The SMILES string of the molecule is Cc1nnc(CC2CCC(N)CC2)n1CCO. The summed E-state index contributed by atoms with van der Waals surface area (Å²) in [5.74, 6) is 2.58. The van der Waals surface area contributed by atoms with Gasteiger partial charge in [-0.1, -0.05) is 0 Å². The Hall–Kier alpha value is -0.940. The van der Waals surface area contributed by atoms with E-state index >= 15 is 0 Å². The number of nitrogens with two attached hydrogens (primary N) is 1. The van der Waals surface area contributed by atoms with Crippen LogP contribution in [0.3, 0.4) is 0 Å². The highest BCUT2D eigenvalue weighted by Gasteiger charge is 2.21. The zero-order valence-corrected chi connectivity index (χ0v) is 10.5. The molecule has 0 aromatic carbocycles. The maximum absolute atomic E-state index is 9.03. The van der Waals surface area contributed by atoms with Gasteiger partial charge in [-0.05, 0) is 38.5 Å². The van der Waals surface area contributed by atoms with Crippen LogP contribution in [0.4, 0.5) is 0 Å². The van der Waals surface area contributed by atoms with Gasteiger partial charge in [0.1, 0.15) is 11.6 Å². The van der Waals surface area contributed by atoms with Gasteiger partial charge in [0.25, 0.3) is 0 Å². The van der Waals surface area contributed by atoms with Crippen molar-refractivity contribution < 1.29 is 5.11 Å². The molecule has 96 valence electrons. The largest absolute Gasteiger partial charge is 0.395 e. The lowest BCUT2D eigenvalue weighted by molar-refractivity contribution is 0.268. The van der Waals surface area contributed by atoms with Crippen molar-refractivity contribution in [2.24, 2.45) is 11.7 Å². The standard InChI is InChI=1S/C12H22N4O/c1-9-14-15-12(16(9)6-7-17)8-10-2-4-11(13)5-3-10/h10-11,17H,2-8,13H2,1H3. The molecule has 2 rings (SSSR count). The number of hydrogen-bond donors (Lipinski definition) is 2. The maximum Gasteiger partial charge on any atom is 0.133 e. The molecule has 1 aliphatic carbocycles. The van der Waals surface area contributed by atoms with E-state index in [4.69, 9.17) is 10.8 Å². The molecule has 0 radical (unpaired) electrons. The lowest BCUT2D eigenvalue weighted by atomic mass is 9.84. The van der Waals surface area contributed by atoms with Gasteiger partial charge in [-0.25, -0.2) is 0 Å². The Labute approximate surface area is 102 Å². The van der Waals surface area contributed by atoms with Gasteiger partial charge in [0.15, 0.2) is 0 Å². The second-order valence-electron chi connectivity index (χ2n) is 5.02. The molecule has 0 bridgehead atoms. The monoisotopic (exact) mass is 238 g/mol. The van der Waals surface area contributed by atoms with Crippen molar-refractivity contribution in [3.63, 3.8) is 0 Å². The first-order chi connectivity index (χ1) is 8.20. The van der Waals surface area contributed by atoms with Gasteiger partial charge >= 0.3 is 0 Å². The third-order valence-electron chi connectivity index (χ3n) is 3.70. The lowest BCUT2D eigenvalue weighted by Crippen LogP contribution is -2.27. The molecule has 1 saturated carbocycles. The molecule has 17 heavy (non-hydrogen) atoms. The summed E-state index contributed by atoms with van der Waals surface area (Å²) in [7, 11) is 0. The Bertz CT molecular complexity index is 355. The van der Waals surface area contributed by atoms with E-state index in [9.17, 15) is 0 Å². The molecule has 0 aliphatic heterocycles. The van der Waals surface area contributed by atoms with E-state index in [0.717, 1.165) is 30.9 Å². The van der Waals surface area contributed by atoms with Crippen LogP contribution in [-0.2, 0) is 13.0 Å². The molecular weight excluding hydrogens is 216 g/mol. The van der Waals surface area contributed by atoms with Crippen LogP contribution in [-0.4, -0.2) is 32.5 Å². The topological polar surface area (TPSA) is 77.0 Å². The van der Waals surface area contributed by atoms with E-state index in [-0.39, 0.29) is 6.61 Å². The Morgan fingerprint density at radius 3 is 2.65 bits per heavy atom. The second kappa shape index (κ2) is 5.60. The summed E-state index contributed by atoms with van der Waals surface area (Å²) < 4.78 is 2.02. The third kappa shape index (κ3) is 3.04. The van der Waals surface area contributed by atoms with Crippen molar-refractivity contribution >= 4 is 0 Å². The Morgan fingerprint density at radius 1 is 1.29 bits per heavy atom. The molecular formula is C12H22N4O. The highest BCUT2D eigenvalue weighted by molar-refractivity contribution is 4.96. The highest BCUT2D eigenvalue weighted by Crippen LogP contribution is 2.26. The van der Waals surface area contributed by atoms with Gasteiger partial charge in [0.05, 0.1) is 6.61 Å². The Kier molecular flexibility index (Phi) is 4.12. The van der Waals surface area contributed by atoms with Crippen LogP contribution in [0.1, 0.15) is 37.3 Å². The zero-order valence-electron chi connectivity index (χ0n) is 10.5. The third-order valence-corrected chi connectivity index (χ3v) is 3.70. The first kappa shape index (κ1) is 12.5. The normalized spacial score (nSPS) is 25.1. The maximum atomic E-state index is 9.03. The molecule has 0 atom stereocenters. The quantitative estimate of drug-likeness (QED) is 0.807. The fraction of sp³-hybridized carbons (Fsp3) is 0.833. The predicted octanol–water partition coefficient (Wildman–Crippen LogP) is 0.639. The predicted molar refractivity (Wildman–Crippen MR) is 65.5 cm³/mol. The number of nitrogens with zero attached hydrogens (tertiary/aromatic N) is 3. The highest BCUT2D eigenvalue weighted by atomic mass is 16.3. The van der Waals surface area contributed by atoms with Crippen LogP contribution in [0.2, 0.25) is 0 Å². The summed E-state index contributed by atoms with van der Waals surface area (Å²) in [4.78, 5) is 0. The van der Waals surface area contributed by atoms with E-state index in [2.05, 4.69) is 10.2 Å². The molecule has 5 heteroatoms. The van der Waals surface area contributed by atoms with Crippen molar-refractivity contribution in [1.29, 1.82) is 0 Å². The van der Waals surface area contributed by atoms with Gasteiger partial charge in [-0.15, -0.1) is 10.2 Å². The minimum atomic E-state index is 0.140. The number of aromatic nitrogens is 3. The van der Waals surface area contributed by atoms with Crippen LogP contribution in [0.15, 0.2) is 0 Å². The van der Waals surface area contributed by atoms with E-state index in [1.54, 1.807) is 0 Å². The van der Waals surface area contributed by atoms with Crippen LogP contribution in [0, 0.1) is 12.8 Å². The van der Waals surface area contributed by atoms with Crippen molar-refractivity contribution in [3.8, 4) is 0 Å². The van der Waals surface area contributed by atoms with Crippen LogP contribution >= 0.6 is 0 Å². The van der Waals surface area contributed by atoms with Crippen molar-refractivity contribution in [1.82, 2.24) is 14.8 Å². The smallest absolute Gasteiger partial charge is 0.133 e. The molecule has 3 N–H and O–H groups in total. The van der Waals surface area contributed by atoms with Crippen molar-refractivity contribution in [2.45, 2.75) is 51.6 Å². The van der Waals surface area contributed by atoms with Crippen LogP contribution in [0.25, 0.3) is 0 Å². The zero-order chi connectivity index (χ0) is 12.3. The number of aliphatic hydroxyl groups excluding tert-OH is 1. The lowest BCUT2D eigenvalue weighted by Gasteiger charge is -2.25. The Morgan fingerprint density at radius 2 is 2.00 bits per heavy atom. The summed E-state index contributed by atoms with van der Waals surface area (Å²) >= 11 is 0. The number of aliphatic hydroxyl groups is 1. The summed E-state index contributed by atoms with van der Waals surface area (Å²) in [6.07, 6.45) is 5.58. The van der Waals surface area contributed by atoms with E-state index in [1.165, 1.54) is 12.8 Å².